The summed E-state index contributed by atoms with van der Waals surface area (Å²) in [5.41, 5.74) is 1.89. The highest BCUT2D eigenvalue weighted by atomic mass is 16.5. The summed E-state index contributed by atoms with van der Waals surface area (Å²) in [7, 11) is 0. The van der Waals surface area contributed by atoms with Crippen molar-refractivity contribution in [1.82, 2.24) is 0 Å². The largest absolute Gasteiger partial charge is 0.494 e. The molecular formula is C25H22O5. The lowest BCUT2D eigenvalue weighted by atomic mass is 10.0. The molecule has 1 N–H and O–H groups in total. The second-order valence-electron chi connectivity index (χ2n) is 6.47. The Morgan fingerprint density at radius 1 is 0.800 bits per heavy atom. The molecule has 3 aromatic carbocycles. The third-order valence-electron chi connectivity index (χ3n) is 4.23. The van der Waals surface area contributed by atoms with E-state index in [1.54, 1.807) is 78.9 Å². The fourth-order valence-corrected chi connectivity index (χ4v) is 2.67. The number of para-hydroxylation sites is 1. The lowest BCUT2D eigenvalue weighted by molar-refractivity contribution is -0.128. The number of ketones is 1. The molecule has 3 rings (SSSR count). The first-order valence-corrected chi connectivity index (χ1v) is 9.59. The van der Waals surface area contributed by atoms with E-state index in [0.29, 0.717) is 35.7 Å². The van der Waals surface area contributed by atoms with E-state index in [-0.39, 0.29) is 12.4 Å². The molecule has 0 aliphatic carbocycles. The highest BCUT2D eigenvalue weighted by Gasteiger charge is 2.09. The molecule has 0 bridgehead atoms. The van der Waals surface area contributed by atoms with Gasteiger partial charge in [-0.3, -0.25) is 4.79 Å². The molecule has 0 saturated heterocycles. The summed E-state index contributed by atoms with van der Waals surface area (Å²) in [5, 5.41) is 8.78. The van der Waals surface area contributed by atoms with Gasteiger partial charge in [-0.05, 0) is 48.0 Å². The van der Waals surface area contributed by atoms with Gasteiger partial charge in [0.25, 0.3) is 0 Å². The summed E-state index contributed by atoms with van der Waals surface area (Å²) in [6.45, 7) is 0.508. The Labute approximate surface area is 175 Å². The molecule has 0 aliphatic rings. The number of benzene rings is 3. The molecule has 0 fully saturated rings. The molecule has 0 saturated carbocycles. The molecule has 0 radical (unpaired) electrons. The van der Waals surface area contributed by atoms with Crippen molar-refractivity contribution in [1.29, 1.82) is 0 Å². The van der Waals surface area contributed by atoms with Crippen LogP contribution in [0.25, 0.3) is 6.08 Å². The highest BCUT2D eigenvalue weighted by molar-refractivity contribution is 6.09. The molecule has 5 nitrogen and oxygen atoms in total. The summed E-state index contributed by atoms with van der Waals surface area (Å²) >= 11 is 0. The zero-order valence-electron chi connectivity index (χ0n) is 16.4. The summed E-state index contributed by atoms with van der Waals surface area (Å²) in [6, 6.07) is 22.7. The lowest BCUT2D eigenvalue weighted by Gasteiger charge is -2.06. The van der Waals surface area contributed by atoms with Crippen molar-refractivity contribution in [3.05, 3.63) is 102 Å². The SMILES string of the molecule is O=C(C=Cc1ccc(C(=O)c2ccc(OCCCO)cc2)cc1)Oc1ccccc1. The minimum absolute atomic E-state index is 0.0793. The van der Waals surface area contributed by atoms with Gasteiger partial charge in [-0.15, -0.1) is 0 Å². The third kappa shape index (κ3) is 6.15. The van der Waals surface area contributed by atoms with Crippen molar-refractivity contribution in [2.24, 2.45) is 0 Å². The second-order valence-corrected chi connectivity index (χ2v) is 6.47. The van der Waals surface area contributed by atoms with E-state index in [1.807, 2.05) is 6.07 Å². The number of esters is 1. The Bertz CT molecular complexity index is 990. The Balaban J connectivity index is 1.58. The second kappa shape index (κ2) is 10.7. The summed E-state index contributed by atoms with van der Waals surface area (Å²) in [6.07, 6.45) is 3.54. The zero-order valence-corrected chi connectivity index (χ0v) is 16.4. The molecular weight excluding hydrogens is 380 g/mol. The molecule has 0 amide bonds. The minimum atomic E-state index is -0.470. The van der Waals surface area contributed by atoms with Gasteiger partial charge in [-0.1, -0.05) is 42.5 Å². The topological polar surface area (TPSA) is 72.8 Å². The number of hydrogen-bond donors (Lipinski definition) is 1. The van der Waals surface area contributed by atoms with Gasteiger partial charge in [0.15, 0.2) is 5.78 Å². The number of carbonyl (C=O) groups excluding carboxylic acids is 2. The number of ether oxygens (including phenoxy) is 2. The van der Waals surface area contributed by atoms with Crippen LogP contribution < -0.4 is 9.47 Å². The lowest BCUT2D eigenvalue weighted by Crippen LogP contribution is -2.03. The number of aliphatic hydroxyl groups excluding tert-OH is 1. The van der Waals surface area contributed by atoms with Gasteiger partial charge in [0.05, 0.1) is 6.61 Å². The molecule has 3 aromatic rings. The van der Waals surface area contributed by atoms with E-state index in [4.69, 9.17) is 14.6 Å². The van der Waals surface area contributed by atoms with E-state index >= 15 is 0 Å². The van der Waals surface area contributed by atoms with Gasteiger partial charge >= 0.3 is 5.97 Å². The quantitative estimate of drug-likeness (QED) is 0.190. The van der Waals surface area contributed by atoms with E-state index in [0.717, 1.165) is 5.56 Å². The standard InChI is InChI=1S/C25H22O5/c26-17-4-18-29-22-14-12-21(13-15-22)25(28)20-10-7-19(8-11-20)9-16-24(27)30-23-5-2-1-3-6-23/h1-3,5-16,26H,4,17-18H2. The van der Waals surface area contributed by atoms with Gasteiger partial charge in [0, 0.05) is 30.2 Å². The number of rotatable bonds is 9. The maximum atomic E-state index is 12.6. The molecule has 152 valence electrons. The van der Waals surface area contributed by atoms with Crippen LogP contribution in [0, 0.1) is 0 Å². The van der Waals surface area contributed by atoms with Crippen molar-refractivity contribution in [2.75, 3.05) is 13.2 Å². The van der Waals surface area contributed by atoms with Crippen LogP contribution in [0.3, 0.4) is 0 Å². The highest BCUT2D eigenvalue weighted by Crippen LogP contribution is 2.17. The first-order chi connectivity index (χ1) is 14.7. The molecule has 0 heterocycles. The fraction of sp³-hybridized carbons (Fsp3) is 0.120. The minimum Gasteiger partial charge on any atom is -0.494 e. The van der Waals surface area contributed by atoms with Gasteiger partial charge in [-0.2, -0.15) is 0 Å². The van der Waals surface area contributed by atoms with Gasteiger partial charge in [-0.25, -0.2) is 4.79 Å². The van der Waals surface area contributed by atoms with Gasteiger partial charge in [0.2, 0.25) is 0 Å². The van der Waals surface area contributed by atoms with E-state index in [1.165, 1.54) is 6.08 Å². The molecule has 30 heavy (non-hydrogen) atoms. The van der Waals surface area contributed by atoms with Gasteiger partial charge < -0.3 is 14.6 Å². The maximum absolute atomic E-state index is 12.6. The summed E-state index contributed by atoms with van der Waals surface area (Å²) in [4.78, 5) is 24.5. The van der Waals surface area contributed by atoms with Crippen molar-refractivity contribution in [3.63, 3.8) is 0 Å². The maximum Gasteiger partial charge on any atom is 0.336 e. The van der Waals surface area contributed by atoms with Crippen molar-refractivity contribution >= 4 is 17.8 Å². The smallest absolute Gasteiger partial charge is 0.336 e. The number of hydrogen-bond acceptors (Lipinski definition) is 5. The Hall–Kier alpha value is -3.70. The molecule has 0 aliphatic heterocycles. The van der Waals surface area contributed by atoms with Crippen molar-refractivity contribution in [2.45, 2.75) is 6.42 Å². The van der Waals surface area contributed by atoms with Crippen LogP contribution in [0.15, 0.2) is 84.9 Å². The van der Waals surface area contributed by atoms with Crippen LogP contribution in [0.5, 0.6) is 11.5 Å². The van der Waals surface area contributed by atoms with Crippen LogP contribution in [-0.4, -0.2) is 30.1 Å². The Kier molecular flexibility index (Phi) is 7.52. The third-order valence-corrected chi connectivity index (χ3v) is 4.23. The average Bonchev–Trinajstić information content (AvgIpc) is 2.79. The monoisotopic (exact) mass is 402 g/mol. The molecule has 5 heteroatoms. The predicted octanol–water partition coefficient (Wildman–Crippen LogP) is 4.30. The first-order valence-electron chi connectivity index (χ1n) is 9.59. The predicted molar refractivity (Wildman–Crippen MR) is 115 cm³/mol. The van der Waals surface area contributed by atoms with Crippen LogP contribution in [0.2, 0.25) is 0 Å². The molecule has 0 atom stereocenters. The van der Waals surface area contributed by atoms with Crippen molar-refractivity contribution in [3.8, 4) is 11.5 Å². The number of carbonyl (C=O) groups is 2. The average molecular weight is 402 g/mol. The molecule has 0 unspecified atom stereocenters. The summed E-state index contributed by atoms with van der Waals surface area (Å²) < 4.78 is 10.7. The Morgan fingerprint density at radius 3 is 2.07 bits per heavy atom. The molecule has 0 aromatic heterocycles. The summed E-state index contributed by atoms with van der Waals surface area (Å²) in [5.74, 6) is 0.569. The fourth-order valence-electron chi connectivity index (χ4n) is 2.67. The van der Waals surface area contributed by atoms with Crippen LogP contribution in [0.1, 0.15) is 27.9 Å². The van der Waals surface area contributed by atoms with E-state index < -0.39 is 5.97 Å². The first kappa shape index (κ1) is 21.0. The van der Waals surface area contributed by atoms with Crippen LogP contribution in [-0.2, 0) is 4.79 Å². The van der Waals surface area contributed by atoms with Crippen molar-refractivity contribution < 1.29 is 24.2 Å². The van der Waals surface area contributed by atoms with Gasteiger partial charge in [0.1, 0.15) is 11.5 Å². The Morgan fingerprint density at radius 2 is 1.43 bits per heavy atom. The molecule has 0 spiro atoms. The van der Waals surface area contributed by atoms with Crippen LogP contribution in [0.4, 0.5) is 0 Å². The van der Waals surface area contributed by atoms with E-state index in [2.05, 4.69) is 0 Å². The van der Waals surface area contributed by atoms with Crippen LogP contribution >= 0.6 is 0 Å². The van der Waals surface area contributed by atoms with E-state index in [9.17, 15) is 9.59 Å². The number of aliphatic hydroxyl groups is 1. The zero-order chi connectivity index (χ0) is 21.2. The normalized spacial score (nSPS) is 10.7.